The molecule has 0 radical (unpaired) electrons. The SMILES string of the molecule is Cc1nc2c(F)cc(-c3cc(Nc4ncc(CN5C[C@]6(C)CNCC[C@H]56)cn4)ncc3F)cc2n1C(C)C. The predicted molar refractivity (Wildman–Crippen MR) is 143 cm³/mol. The maximum atomic E-state index is 15.0. The quantitative estimate of drug-likeness (QED) is 0.372. The molecule has 2 aliphatic heterocycles. The van der Waals surface area contributed by atoms with Gasteiger partial charge in [0.05, 0.1) is 11.7 Å². The van der Waals surface area contributed by atoms with Gasteiger partial charge in [-0.2, -0.15) is 0 Å². The molecule has 0 amide bonds. The van der Waals surface area contributed by atoms with Gasteiger partial charge in [-0.3, -0.25) is 4.90 Å². The van der Waals surface area contributed by atoms with Crippen LogP contribution < -0.4 is 10.6 Å². The van der Waals surface area contributed by atoms with Gasteiger partial charge in [-0.15, -0.1) is 0 Å². The minimum Gasteiger partial charge on any atom is -0.326 e. The van der Waals surface area contributed by atoms with Gasteiger partial charge in [0.15, 0.2) is 5.82 Å². The number of imidazole rings is 1. The Hall–Kier alpha value is -3.50. The third kappa shape index (κ3) is 4.31. The first-order valence-electron chi connectivity index (χ1n) is 13.1. The van der Waals surface area contributed by atoms with Crippen LogP contribution in [0.25, 0.3) is 22.2 Å². The van der Waals surface area contributed by atoms with Crippen molar-refractivity contribution in [2.24, 2.45) is 5.41 Å². The van der Waals surface area contributed by atoms with Crippen molar-refractivity contribution >= 4 is 22.8 Å². The minimum absolute atomic E-state index is 0.0829. The van der Waals surface area contributed by atoms with Crippen LogP contribution in [-0.4, -0.2) is 55.1 Å². The molecule has 2 saturated heterocycles. The van der Waals surface area contributed by atoms with Gasteiger partial charge < -0.3 is 15.2 Å². The van der Waals surface area contributed by atoms with Gasteiger partial charge in [0.1, 0.15) is 23.0 Å². The summed E-state index contributed by atoms with van der Waals surface area (Å²) >= 11 is 0. The Bertz CT molecular complexity index is 1500. The number of benzene rings is 1. The van der Waals surface area contributed by atoms with Crippen LogP contribution in [0.4, 0.5) is 20.5 Å². The molecular formula is C28H32F2N8. The first kappa shape index (κ1) is 24.8. The van der Waals surface area contributed by atoms with Crippen molar-refractivity contribution in [3.05, 3.63) is 59.8 Å². The number of fused-ring (bicyclic) bond motifs is 2. The lowest BCUT2D eigenvalue weighted by Crippen LogP contribution is -2.69. The molecule has 0 aliphatic carbocycles. The number of hydrogen-bond donors (Lipinski definition) is 2. The van der Waals surface area contributed by atoms with Crippen molar-refractivity contribution in [3.63, 3.8) is 0 Å². The lowest BCUT2D eigenvalue weighted by Gasteiger charge is -2.58. The van der Waals surface area contributed by atoms with E-state index in [1.54, 1.807) is 12.1 Å². The van der Waals surface area contributed by atoms with Gasteiger partial charge in [-0.05, 0) is 57.5 Å². The first-order chi connectivity index (χ1) is 18.2. The standard InChI is InChI=1S/C28H32F2N8/c1-16(2)38-17(3)35-26-21(29)7-19(8-23(26)38)20-9-25(32-12-22(20)30)36-27-33-10-18(11-34-27)13-37-15-28(4)14-31-6-5-24(28)37/h7-12,16,24,31H,5-6,13-15H2,1-4H3,(H,32,33,34,36)/t24-,28-/m0/s1. The number of aryl methyl sites for hydroxylation is 1. The summed E-state index contributed by atoms with van der Waals surface area (Å²) in [6.45, 7) is 12.2. The number of pyridine rings is 1. The molecule has 0 unspecified atom stereocenters. The number of hydrogen-bond acceptors (Lipinski definition) is 7. The molecule has 8 nitrogen and oxygen atoms in total. The summed E-state index contributed by atoms with van der Waals surface area (Å²) in [5, 5.41) is 6.55. The molecule has 0 bridgehead atoms. The minimum atomic E-state index is -0.544. The maximum Gasteiger partial charge on any atom is 0.228 e. The van der Waals surface area contributed by atoms with E-state index in [9.17, 15) is 8.78 Å². The Morgan fingerprint density at radius 1 is 1.11 bits per heavy atom. The Balaban J connectivity index is 1.21. The van der Waals surface area contributed by atoms with Crippen molar-refractivity contribution in [2.75, 3.05) is 25.0 Å². The van der Waals surface area contributed by atoms with Crippen molar-refractivity contribution < 1.29 is 8.78 Å². The number of anilines is 2. The lowest BCUT2D eigenvalue weighted by atomic mass is 9.69. The van der Waals surface area contributed by atoms with Crippen LogP contribution in [0.1, 0.15) is 44.6 Å². The third-order valence-corrected chi connectivity index (χ3v) is 7.87. The number of rotatable bonds is 6. The van der Waals surface area contributed by atoms with Crippen molar-refractivity contribution in [2.45, 2.75) is 52.7 Å². The summed E-state index contributed by atoms with van der Waals surface area (Å²) in [5.41, 5.74) is 2.96. The lowest BCUT2D eigenvalue weighted by molar-refractivity contribution is -0.0852. The zero-order chi connectivity index (χ0) is 26.6. The highest BCUT2D eigenvalue weighted by Crippen LogP contribution is 2.41. The number of piperidine rings is 1. The normalized spacial score (nSPS) is 21.5. The summed E-state index contributed by atoms with van der Waals surface area (Å²) in [6.07, 6.45) is 5.91. The number of halogens is 2. The van der Waals surface area contributed by atoms with E-state index in [-0.39, 0.29) is 17.1 Å². The molecule has 0 spiro atoms. The van der Waals surface area contributed by atoms with E-state index in [1.165, 1.54) is 6.07 Å². The van der Waals surface area contributed by atoms with Gasteiger partial charge in [0, 0.05) is 60.7 Å². The fourth-order valence-corrected chi connectivity index (χ4v) is 6.15. The second kappa shape index (κ2) is 9.36. The average Bonchev–Trinajstić information content (AvgIpc) is 3.22. The number of aromatic nitrogens is 5. The molecule has 198 valence electrons. The number of nitrogens with zero attached hydrogens (tertiary/aromatic N) is 6. The van der Waals surface area contributed by atoms with Crippen molar-refractivity contribution in [3.8, 4) is 11.1 Å². The zero-order valence-corrected chi connectivity index (χ0v) is 22.1. The number of nitrogens with one attached hydrogen (secondary N) is 2. The van der Waals surface area contributed by atoms with Gasteiger partial charge in [0.2, 0.25) is 5.95 Å². The zero-order valence-electron chi connectivity index (χ0n) is 22.1. The van der Waals surface area contributed by atoms with Crippen LogP contribution in [0.5, 0.6) is 0 Å². The van der Waals surface area contributed by atoms with E-state index in [2.05, 4.69) is 42.4 Å². The third-order valence-electron chi connectivity index (χ3n) is 7.87. The molecule has 3 aromatic heterocycles. The molecule has 4 aromatic rings. The Labute approximate surface area is 220 Å². The summed E-state index contributed by atoms with van der Waals surface area (Å²) in [4.78, 5) is 19.9. The largest absolute Gasteiger partial charge is 0.326 e. The second-order valence-corrected chi connectivity index (χ2v) is 11.1. The average molecular weight is 519 g/mol. The molecule has 2 aliphatic rings. The Kier molecular flexibility index (Phi) is 6.11. The molecule has 38 heavy (non-hydrogen) atoms. The first-order valence-corrected chi connectivity index (χ1v) is 13.1. The fraction of sp³-hybridized carbons (Fsp3) is 0.429. The van der Waals surface area contributed by atoms with Crippen LogP contribution in [-0.2, 0) is 6.54 Å². The highest BCUT2D eigenvalue weighted by Gasteiger charge is 2.49. The van der Waals surface area contributed by atoms with Crippen LogP contribution in [0.3, 0.4) is 0 Å². The maximum absolute atomic E-state index is 15.0. The molecule has 0 saturated carbocycles. The summed E-state index contributed by atoms with van der Waals surface area (Å²) in [5.74, 6) is 0.415. The van der Waals surface area contributed by atoms with E-state index in [4.69, 9.17) is 0 Å². The Morgan fingerprint density at radius 2 is 1.89 bits per heavy atom. The molecule has 2 atom stereocenters. The fourth-order valence-electron chi connectivity index (χ4n) is 6.15. The molecule has 2 N–H and O–H groups in total. The highest BCUT2D eigenvalue weighted by atomic mass is 19.1. The smallest absolute Gasteiger partial charge is 0.228 e. The summed E-state index contributed by atoms with van der Waals surface area (Å²) in [7, 11) is 0. The van der Waals surface area contributed by atoms with Crippen LogP contribution in [0.15, 0.2) is 36.8 Å². The molecule has 6 rings (SSSR count). The molecule has 5 heterocycles. The van der Waals surface area contributed by atoms with Crippen molar-refractivity contribution in [1.29, 1.82) is 0 Å². The van der Waals surface area contributed by atoms with Gasteiger partial charge >= 0.3 is 0 Å². The number of likely N-dealkylation sites (tertiary alicyclic amines) is 1. The van der Waals surface area contributed by atoms with E-state index in [1.807, 2.05) is 37.7 Å². The summed E-state index contributed by atoms with van der Waals surface area (Å²) in [6, 6.07) is 5.31. The topological polar surface area (TPSA) is 83.8 Å². The second-order valence-electron chi connectivity index (χ2n) is 11.1. The van der Waals surface area contributed by atoms with Crippen LogP contribution in [0.2, 0.25) is 0 Å². The molecule has 2 fully saturated rings. The van der Waals surface area contributed by atoms with Crippen LogP contribution in [0, 0.1) is 24.0 Å². The van der Waals surface area contributed by atoms with Crippen molar-refractivity contribution in [1.82, 2.24) is 34.7 Å². The molecule has 1 aromatic carbocycles. The van der Waals surface area contributed by atoms with Gasteiger partial charge in [-0.25, -0.2) is 28.7 Å². The van der Waals surface area contributed by atoms with E-state index < -0.39 is 11.6 Å². The molecule has 10 heteroatoms. The van der Waals surface area contributed by atoms with Gasteiger partial charge in [-0.1, -0.05) is 6.92 Å². The van der Waals surface area contributed by atoms with E-state index >= 15 is 0 Å². The summed E-state index contributed by atoms with van der Waals surface area (Å²) < 4.78 is 31.8. The highest BCUT2D eigenvalue weighted by molar-refractivity contribution is 5.84. The van der Waals surface area contributed by atoms with Crippen LogP contribution >= 0.6 is 0 Å². The van der Waals surface area contributed by atoms with E-state index in [0.29, 0.717) is 40.1 Å². The monoisotopic (exact) mass is 518 g/mol. The Morgan fingerprint density at radius 3 is 2.63 bits per heavy atom. The van der Waals surface area contributed by atoms with E-state index in [0.717, 1.165) is 44.4 Å². The molecular weight excluding hydrogens is 486 g/mol. The predicted octanol–water partition coefficient (Wildman–Crippen LogP) is 4.98. The van der Waals surface area contributed by atoms with Gasteiger partial charge in [0.25, 0.3) is 0 Å².